The van der Waals surface area contributed by atoms with Gasteiger partial charge in [-0.25, -0.2) is 13.4 Å². The van der Waals surface area contributed by atoms with Crippen LogP contribution in [-0.4, -0.2) is 70.9 Å². The summed E-state index contributed by atoms with van der Waals surface area (Å²) in [6.45, 7) is 0.783. The van der Waals surface area contributed by atoms with E-state index in [-0.39, 0.29) is 30.0 Å². The number of aryl methyl sites for hydroxylation is 1. The summed E-state index contributed by atoms with van der Waals surface area (Å²) in [5.41, 5.74) is 0. The van der Waals surface area contributed by atoms with Gasteiger partial charge in [-0.05, 0) is 26.3 Å². The number of aromatic nitrogens is 2. The van der Waals surface area contributed by atoms with Gasteiger partial charge in [0.15, 0.2) is 9.84 Å². The number of hydrogen-bond acceptors (Lipinski definition) is 5. The maximum Gasteiger partial charge on any atom is 0.237 e. The van der Waals surface area contributed by atoms with E-state index in [1.165, 1.54) is 0 Å². The van der Waals surface area contributed by atoms with E-state index in [0.717, 1.165) is 18.7 Å². The number of nitrogens with zero attached hydrogens (tertiary/aromatic N) is 4. The van der Waals surface area contributed by atoms with Crippen molar-refractivity contribution in [3.05, 3.63) is 18.2 Å². The summed E-state index contributed by atoms with van der Waals surface area (Å²) >= 11 is 0. The predicted octanol–water partition coefficient (Wildman–Crippen LogP) is 0.0300. The molecule has 23 heavy (non-hydrogen) atoms. The van der Waals surface area contributed by atoms with E-state index in [2.05, 4.69) is 4.98 Å². The number of likely N-dealkylation sites (N-methyl/N-ethyl adjacent to an activating group) is 1. The highest BCUT2D eigenvalue weighted by atomic mass is 32.2. The first kappa shape index (κ1) is 16.4. The molecule has 0 radical (unpaired) electrons. The molecule has 1 amide bonds. The van der Waals surface area contributed by atoms with E-state index in [4.69, 9.17) is 0 Å². The van der Waals surface area contributed by atoms with Gasteiger partial charge < -0.3 is 9.47 Å². The molecule has 1 aromatic rings. The van der Waals surface area contributed by atoms with Gasteiger partial charge in [0.25, 0.3) is 0 Å². The number of carbonyl (C=O) groups excluding carboxylic acids is 1. The first-order chi connectivity index (χ1) is 10.9. The van der Waals surface area contributed by atoms with E-state index < -0.39 is 9.84 Å². The molecule has 1 aromatic heterocycles. The predicted molar refractivity (Wildman–Crippen MR) is 86.5 cm³/mol. The van der Waals surface area contributed by atoms with Gasteiger partial charge >= 0.3 is 0 Å². The lowest BCUT2D eigenvalue weighted by Gasteiger charge is -2.27. The zero-order valence-electron chi connectivity index (χ0n) is 13.7. The standard InChI is InChI=1S/C15H24N4O3S/c1-17-7-6-16-14(17)9-19(12-3-4-12)15(20)10-18(2)13-5-8-23(21,22)11-13/h6-7,12-13H,3-5,8-11H2,1-2H3. The topological polar surface area (TPSA) is 75.5 Å². The fraction of sp³-hybridized carbons (Fsp3) is 0.733. The van der Waals surface area contributed by atoms with Crippen LogP contribution >= 0.6 is 0 Å². The Hall–Kier alpha value is -1.41. The van der Waals surface area contributed by atoms with E-state index >= 15 is 0 Å². The molecule has 1 saturated carbocycles. The molecule has 1 unspecified atom stereocenters. The molecule has 0 aromatic carbocycles. The monoisotopic (exact) mass is 340 g/mol. The van der Waals surface area contributed by atoms with E-state index in [0.29, 0.717) is 19.0 Å². The van der Waals surface area contributed by atoms with E-state index in [1.54, 1.807) is 6.20 Å². The van der Waals surface area contributed by atoms with Crippen molar-refractivity contribution in [2.45, 2.75) is 37.9 Å². The quantitative estimate of drug-likeness (QED) is 0.730. The third kappa shape index (κ3) is 3.92. The molecule has 2 aliphatic rings. The maximum atomic E-state index is 12.7. The first-order valence-electron chi connectivity index (χ1n) is 8.02. The number of amides is 1. The third-order valence-electron chi connectivity index (χ3n) is 4.76. The Balaban J connectivity index is 1.62. The van der Waals surface area contributed by atoms with Gasteiger partial charge in [-0.1, -0.05) is 0 Å². The molecule has 7 nitrogen and oxygen atoms in total. The summed E-state index contributed by atoms with van der Waals surface area (Å²) in [6.07, 6.45) is 6.31. The summed E-state index contributed by atoms with van der Waals surface area (Å²) < 4.78 is 25.1. The van der Waals surface area contributed by atoms with Gasteiger partial charge in [-0.2, -0.15) is 0 Å². The maximum absolute atomic E-state index is 12.7. The lowest BCUT2D eigenvalue weighted by atomic mass is 10.2. The van der Waals surface area contributed by atoms with Crippen molar-refractivity contribution in [2.75, 3.05) is 25.1 Å². The van der Waals surface area contributed by atoms with Gasteiger partial charge in [0, 0.05) is 31.5 Å². The summed E-state index contributed by atoms with van der Waals surface area (Å²) in [7, 11) is 0.839. The molecule has 2 fully saturated rings. The Morgan fingerprint density at radius 3 is 2.61 bits per heavy atom. The smallest absolute Gasteiger partial charge is 0.237 e. The van der Waals surface area contributed by atoms with Crippen LogP contribution < -0.4 is 0 Å². The van der Waals surface area contributed by atoms with Crippen molar-refractivity contribution in [2.24, 2.45) is 7.05 Å². The Labute approximate surface area is 137 Å². The largest absolute Gasteiger partial charge is 0.337 e. The molecular weight excluding hydrogens is 316 g/mol. The number of sulfone groups is 1. The molecular formula is C15H24N4O3S. The minimum Gasteiger partial charge on any atom is -0.337 e. The average Bonchev–Trinajstić information content (AvgIpc) is 3.14. The Morgan fingerprint density at radius 1 is 1.35 bits per heavy atom. The fourth-order valence-electron chi connectivity index (χ4n) is 3.06. The zero-order chi connectivity index (χ0) is 16.6. The van der Waals surface area contributed by atoms with Crippen LogP contribution in [-0.2, 0) is 28.2 Å². The minimum absolute atomic E-state index is 0.0434. The van der Waals surface area contributed by atoms with E-state index in [1.807, 2.05) is 34.7 Å². The number of rotatable bonds is 6. The second kappa shape index (κ2) is 6.24. The lowest BCUT2D eigenvalue weighted by Crippen LogP contribution is -2.44. The SMILES string of the molecule is CN(CC(=O)N(Cc1nccn1C)C1CC1)C1CCS(=O)(=O)C1. The van der Waals surface area contributed by atoms with Crippen molar-refractivity contribution in [1.29, 1.82) is 0 Å². The van der Waals surface area contributed by atoms with Crippen LogP contribution in [0.3, 0.4) is 0 Å². The Bertz CT molecular complexity index is 681. The Kier molecular flexibility index (Phi) is 4.46. The summed E-state index contributed by atoms with van der Waals surface area (Å²) in [5, 5.41) is 0. The Morgan fingerprint density at radius 2 is 2.09 bits per heavy atom. The molecule has 0 bridgehead atoms. The van der Waals surface area contributed by atoms with Crippen molar-refractivity contribution < 1.29 is 13.2 Å². The number of hydrogen-bond donors (Lipinski definition) is 0. The first-order valence-corrected chi connectivity index (χ1v) is 9.84. The molecule has 128 valence electrons. The second-order valence-corrected chi connectivity index (χ2v) is 8.91. The zero-order valence-corrected chi connectivity index (χ0v) is 14.5. The van der Waals surface area contributed by atoms with Crippen LogP contribution in [0.1, 0.15) is 25.1 Å². The molecule has 0 spiro atoms. The molecule has 8 heteroatoms. The molecule has 1 aliphatic carbocycles. The summed E-state index contributed by atoms with van der Waals surface area (Å²) in [6, 6.07) is 0.262. The fourth-order valence-corrected chi connectivity index (χ4v) is 4.87. The van der Waals surface area contributed by atoms with Crippen LogP contribution in [0, 0.1) is 0 Å². The van der Waals surface area contributed by atoms with Gasteiger partial charge in [0.05, 0.1) is 24.6 Å². The van der Waals surface area contributed by atoms with Gasteiger partial charge in [-0.3, -0.25) is 9.69 Å². The number of carbonyl (C=O) groups is 1. The molecule has 1 atom stereocenters. The van der Waals surface area contributed by atoms with Crippen LogP contribution in [0.2, 0.25) is 0 Å². The van der Waals surface area contributed by atoms with Crippen LogP contribution in [0.25, 0.3) is 0 Å². The molecule has 1 aliphatic heterocycles. The van der Waals surface area contributed by atoms with Crippen molar-refractivity contribution >= 4 is 15.7 Å². The summed E-state index contributed by atoms with van der Waals surface area (Å²) in [5.74, 6) is 1.33. The minimum atomic E-state index is -2.93. The third-order valence-corrected chi connectivity index (χ3v) is 6.51. The van der Waals surface area contributed by atoms with Crippen molar-refractivity contribution in [3.63, 3.8) is 0 Å². The van der Waals surface area contributed by atoms with Gasteiger partial charge in [-0.15, -0.1) is 0 Å². The van der Waals surface area contributed by atoms with Crippen molar-refractivity contribution in [1.82, 2.24) is 19.4 Å². The van der Waals surface area contributed by atoms with Crippen LogP contribution in [0.15, 0.2) is 12.4 Å². The summed E-state index contributed by atoms with van der Waals surface area (Å²) in [4.78, 5) is 20.8. The highest BCUT2D eigenvalue weighted by Crippen LogP contribution is 2.28. The molecule has 2 heterocycles. The highest BCUT2D eigenvalue weighted by Gasteiger charge is 2.36. The van der Waals surface area contributed by atoms with Gasteiger partial charge in [0.1, 0.15) is 5.82 Å². The molecule has 3 rings (SSSR count). The lowest BCUT2D eigenvalue weighted by molar-refractivity contribution is -0.133. The van der Waals surface area contributed by atoms with Crippen molar-refractivity contribution in [3.8, 4) is 0 Å². The highest BCUT2D eigenvalue weighted by molar-refractivity contribution is 7.91. The average molecular weight is 340 g/mol. The van der Waals surface area contributed by atoms with Crippen LogP contribution in [0.5, 0.6) is 0 Å². The van der Waals surface area contributed by atoms with E-state index in [9.17, 15) is 13.2 Å². The number of imidazole rings is 1. The second-order valence-electron chi connectivity index (χ2n) is 6.68. The normalized spacial score (nSPS) is 23.3. The van der Waals surface area contributed by atoms with Gasteiger partial charge in [0.2, 0.25) is 5.91 Å². The molecule has 0 N–H and O–H groups in total. The van der Waals surface area contributed by atoms with Crippen LogP contribution in [0.4, 0.5) is 0 Å². The molecule has 1 saturated heterocycles.